The van der Waals surface area contributed by atoms with E-state index in [1.54, 1.807) is 0 Å². The molecular formula is C16H21N3. The van der Waals surface area contributed by atoms with Crippen LogP contribution >= 0.6 is 0 Å². The van der Waals surface area contributed by atoms with Crippen molar-refractivity contribution in [3.05, 3.63) is 29.6 Å². The fourth-order valence-electron chi connectivity index (χ4n) is 3.45. The standard InChI is InChI=1S/C16H21N3/c17-10-16(7-2-8-16)12-5-6-13-14(9-12)19-15(18-13)11-3-1-4-11/h5-6,9,11H,1-4,7-8,10,17H2,(H,18,19). The Hall–Kier alpha value is -1.35. The molecule has 1 aromatic carbocycles. The van der Waals surface area contributed by atoms with Crippen LogP contribution in [-0.4, -0.2) is 16.5 Å². The number of imidazole rings is 1. The number of H-pyrrole nitrogens is 1. The van der Waals surface area contributed by atoms with Crippen LogP contribution < -0.4 is 5.73 Å². The first-order valence-electron chi connectivity index (χ1n) is 7.51. The van der Waals surface area contributed by atoms with E-state index in [1.165, 1.54) is 55.4 Å². The van der Waals surface area contributed by atoms with Gasteiger partial charge in [0.15, 0.2) is 0 Å². The van der Waals surface area contributed by atoms with Gasteiger partial charge in [-0.2, -0.15) is 0 Å². The van der Waals surface area contributed by atoms with Gasteiger partial charge >= 0.3 is 0 Å². The van der Waals surface area contributed by atoms with E-state index in [0.717, 1.165) is 12.1 Å². The molecule has 2 aromatic rings. The van der Waals surface area contributed by atoms with Crippen molar-refractivity contribution in [2.24, 2.45) is 5.73 Å². The minimum absolute atomic E-state index is 0.246. The lowest BCUT2D eigenvalue weighted by Gasteiger charge is -2.41. The monoisotopic (exact) mass is 255 g/mol. The lowest BCUT2D eigenvalue weighted by molar-refractivity contribution is 0.253. The molecule has 0 radical (unpaired) electrons. The molecule has 3 nitrogen and oxygen atoms in total. The highest BCUT2D eigenvalue weighted by Gasteiger charge is 2.37. The van der Waals surface area contributed by atoms with E-state index in [9.17, 15) is 0 Å². The fraction of sp³-hybridized carbons (Fsp3) is 0.562. The minimum atomic E-state index is 0.246. The molecule has 0 aliphatic heterocycles. The first kappa shape index (κ1) is 11.5. The molecule has 2 saturated carbocycles. The van der Waals surface area contributed by atoms with Crippen molar-refractivity contribution in [1.29, 1.82) is 0 Å². The van der Waals surface area contributed by atoms with Gasteiger partial charge in [0.25, 0.3) is 0 Å². The van der Waals surface area contributed by atoms with Crippen molar-refractivity contribution in [3.63, 3.8) is 0 Å². The Kier molecular flexibility index (Phi) is 2.46. The predicted octanol–water partition coefficient (Wildman–Crippen LogP) is 3.21. The summed E-state index contributed by atoms with van der Waals surface area (Å²) in [5, 5.41) is 0. The van der Waals surface area contributed by atoms with Crippen molar-refractivity contribution in [1.82, 2.24) is 9.97 Å². The highest BCUT2D eigenvalue weighted by Crippen LogP contribution is 2.43. The molecule has 3 heteroatoms. The Morgan fingerprint density at radius 3 is 2.68 bits per heavy atom. The van der Waals surface area contributed by atoms with Crippen LogP contribution in [0.15, 0.2) is 18.2 Å². The van der Waals surface area contributed by atoms with Crippen molar-refractivity contribution < 1.29 is 0 Å². The molecule has 1 heterocycles. The third-order valence-electron chi connectivity index (χ3n) is 5.31. The van der Waals surface area contributed by atoms with Gasteiger partial charge in [0.2, 0.25) is 0 Å². The highest BCUT2D eigenvalue weighted by molar-refractivity contribution is 5.76. The third-order valence-corrected chi connectivity index (χ3v) is 5.31. The third kappa shape index (κ3) is 1.64. The molecular weight excluding hydrogens is 234 g/mol. The van der Waals surface area contributed by atoms with Crippen LogP contribution in [0.25, 0.3) is 11.0 Å². The summed E-state index contributed by atoms with van der Waals surface area (Å²) >= 11 is 0. The zero-order valence-electron chi connectivity index (χ0n) is 11.3. The molecule has 0 bridgehead atoms. The molecule has 0 unspecified atom stereocenters. The van der Waals surface area contributed by atoms with Crippen LogP contribution in [0.4, 0.5) is 0 Å². The predicted molar refractivity (Wildman–Crippen MR) is 77.3 cm³/mol. The van der Waals surface area contributed by atoms with Crippen molar-refractivity contribution in [2.45, 2.75) is 49.9 Å². The van der Waals surface area contributed by atoms with Crippen LogP contribution in [0.2, 0.25) is 0 Å². The number of aromatic nitrogens is 2. The molecule has 19 heavy (non-hydrogen) atoms. The molecule has 0 amide bonds. The Morgan fingerprint density at radius 2 is 2.11 bits per heavy atom. The maximum Gasteiger partial charge on any atom is 0.110 e. The number of rotatable bonds is 3. The van der Waals surface area contributed by atoms with E-state index in [2.05, 4.69) is 23.2 Å². The lowest BCUT2D eigenvalue weighted by atomic mass is 9.64. The van der Waals surface area contributed by atoms with Gasteiger partial charge in [0.1, 0.15) is 5.82 Å². The second kappa shape index (κ2) is 4.07. The van der Waals surface area contributed by atoms with E-state index in [-0.39, 0.29) is 5.41 Å². The van der Waals surface area contributed by atoms with E-state index in [4.69, 9.17) is 10.7 Å². The number of fused-ring (bicyclic) bond motifs is 1. The fourth-order valence-corrected chi connectivity index (χ4v) is 3.45. The Balaban J connectivity index is 1.74. The maximum absolute atomic E-state index is 6.00. The van der Waals surface area contributed by atoms with Crippen LogP contribution in [0.5, 0.6) is 0 Å². The molecule has 0 atom stereocenters. The second-order valence-electron chi connectivity index (χ2n) is 6.32. The molecule has 3 N–H and O–H groups in total. The van der Waals surface area contributed by atoms with Gasteiger partial charge in [-0.25, -0.2) is 4.98 Å². The van der Waals surface area contributed by atoms with Crippen molar-refractivity contribution >= 4 is 11.0 Å². The summed E-state index contributed by atoms with van der Waals surface area (Å²) in [4.78, 5) is 8.27. The van der Waals surface area contributed by atoms with Gasteiger partial charge in [0, 0.05) is 17.9 Å². The largest absolute Gasteiger partial charge is 0.342 e. The zero-order chi connectivity index (χ0) is 12.9. The van der Waals surface area contributed by atoms with Crippen molar-refractivity contribution in [3.8, 4) is 0 Å². The zero-order valence-corrected chi connectivity index (χ0v) is 11.3. The van der Waals surface area contributed by atoms with Gasteiger partial charge in [-0.1, -0.05) is 18.9 Å². The summed E-state index contributed by atoms with van der Waals surface area (Å²) < 4.78 is 0. The number of benzene rings is 1. The smallest absolute Gasteiger partial charge is 0.110 e. The normalized spacial score (nSPS) is 22.2. The highest BCUT2D eigenvalue weighted by atomic mass is 14.9. The summed E-state index contributed by atoms with van der Waals surface area (Å²) in [5.74, 6) is 1.86. The quantitative estimate of drug-likeness (QED) is 0.884. The molecule has 1 aromatic heterocycles. The van der Waals surface area contributed by atoms with Gasteiger partial charge in [-0.05, 0) is 43.4 Å². The average molecular weight is 255 g/mol. The van der Waals surface area contributed by atoms with Gasteiger partial charge in [-0.3, -0.25) is 0 Å². The molecule has 100 valence electrons. The molecule has 2 aliphatic carbocycles. The summed E-state index contributed by atoms with van der Waals surface area (Å²) in [5.41, 5.74) is 9.95. The lowest BCUT2D eigenvalue weighted by Crippen LogP contribution is -2.41. The SMILES string of the molecule is NCC1(c2ccc3nc(C4CCC4)[nH]c3c2)CCC1. The summed E-state index contributed by atoms with van der Waals surface area (Å²) in [6, 6.07) is 6.69. The Bertz CT molecular complexity index is 600. The topological polar surface area (TPSA) is 54.7 Å². The van der Waals surface area contributed by atoms with Crippen LogP contribution in [0, 0.1) is 0 Å². The first-order valence-corrected chi connectivity index (χ1v) is 7.51. The van der Waals surface area contributed by atoms with E-state index < -0.39 is 0 Å². The minimum Gasteiger partial charge on any atom is -0.342 e. The van der Waals surface area contributed by atoms with E-state index in [1.807, 2.05) is 0 Å². The Labute approximate surface area is 113 Å². The molecule has 0 saturated heterocycles. The van der Waals surface area contributed by atoms with E-state index in [0.29, 0.717) is 5.92 Å². The van der Waals surface area contributed by atoms with Crippen LogP contribution in [0.1, 0.15) is 55.8 Å². The van der Waals surface area contributed by atoms with Gasteiger partial charge in [0.05, 0.1) is 11.0 Å². The van der Waals surface area contributed by atoms with Gasteiger partial charge in [-0.15, -0.1) is 0 Å². The molecule has 2 aliphatic rings. The van der Waals surface area contributed by atoms with E-state index >= 15 is 0 Å². The molecule has 2 fully saturated rings. The second-order valence-corrected chi connectivity index (χ2v) is 6.32. The van der Waals surface area contributed by atoms with Gasteiger partial charge < -0.3 is 10.7 Å². The first-order chi connectivity index (χ1) is 9.31. The molecule has 4 rings (SSSR count). The number of nitrogens with zero attached hydrogens (tertiary/aromatic N) is 1. The number of nitrogens with one attached hydrogen (secondary N) is 1. The average Bonchev–Trinajstić information content (AvgIpc) is 2.68. The summed E-state index contributed by atoms with van der Waals surface area (Å²) in [6.45, 7) is 0.766. The number of hydrogen-bond donors (Lipinski definition) is 2. The number of hydrogen-bond acceptors (Lipinski definition) is 2. The number of nitrogens with two attached hydrogens (primary N) is 1. The maximum atomic E-state index is 6.00. The molecule has 0 spiro atoms. The summed E-state index contributed by atoms with van der Waals surface area (Å²) in [6.07, 6.45) is 7.71. The Morgan fingerprint density at radius 1 is 1.26 bits per heavy atom. The summed E-state index contributed by atoms with van der Waals surface area (Å²) in [7, 11) is 0. The van der Waals surface area contributed by atoms with Crippen molar-refractivity contribution in [2.75, 3.05) is 6.54 Å². The van der Waals surface area contributed by atoms with Crippen LogP contribution in [0.3, 0.4) is 0 Å². The number of aromatic amines is 1. The van der Waals surface area contributed by atoms with Crippen LogP contribution in [-0.2, 0) is 5.41 Å².